The zero-order chi connectivity index (χ0) is 18.2. The molecule has 2 amide bonds. The van der Waals surface area contributed by atoms with Crippen LogP contribution in [0, 0.1) is 13.8 Å². The van der Waals surface area contributed by atoms with Crippen LogP contribution in [0.5, 0.6) is 5.75 Å². The lowest BCUT2D eigenvalue weighted by atomic mass is 10.2. The van der Waals surface area contributed by atoms with Crippen molar-refractivity contribution in [1.82, 2.24) is 10.9 Å². The van der Waals surface area contributed by atoms with E-state index in [0.717, 1.165) is 10.5 Å². The summed E-state index contributed by atoms with van der Waals surface area (Å²) in [4.78, 5) is 24.9. The van der Waals surface area contributed by atoms with Crippen molar-refractivity contribution in [3.05, 3.63) is 59.7 Å². The zero-order valence-electron chi connectivity index (χ0n) is 14.5. The van der Waals surface area contributed by atoms with Crippen LogP contribution < -0.4 is 15.6 Å². The first kappa shape index (κ1) is 18.9. The first-order valence-corrected chi connectivity index (χ1v) is 8.84. The number of carbonyl (C=O) groups excluding carboxylic acids is 2. The minimum Gasteiger partial charge on any atom is -0.483 e. The summed E-state index contributed by atoms with van der Waals surface area (Å²) in [6.07, 6.45) is 0. The summed E-state index contributed by atoms with van der Waals surface area (Å²) < 4.78 is 5.43. The molecule has 2 N–H and O–H groups in total. The topological polar surface area (TPSA) is 67.4 Å². The van der Waals surface area contributed by atoms with E-state index in [2.05, 4.69) is 10.9 Å². The van der Waals surface area contributed by atoms with E-state index in [4.69, 9.17) is 4.74 Å². The van der Waals surface area contributed by atoms with Crippen LogP contribution >= 0.6 is 11.8 Å². The van der Waals surface area contributed by atoms with E-state index in [1.165, 1.54) is 17.3 Å². The molecule has 0 bridgehead atoms. The molecule has 0 aliphatic rings. The van der Waals surface area contributed by atoms with Crippen molar-refractivity contribution >= 4 is 23.6 Å². The number of amides is 2. The summed E-state index contributed by atoms with van der Waals surface area (Å²) in [5.74, 6) is -0.0359. The molecule has 0 saturated heterocycles. The number of para-hydroxylation sites is 1. The molecule has 0 radical (unpaired) electrons. The Bertz CT molecular complexity index is 732. The van der Waals surface area contributed by atoms with E-state index < -0.39 is 5.91 Å². The van der Waals surface area contributed by atoms with Crippen molar-refractivity contribution in [2.45, 2.75) is 30.9 Å². The fourth-order valence-electron chi connectivity index (χ4n) is 2.01. The Morgan fingerprint density at radius 3 is 2.40 bits per heavy atom. The molecule has 6 heteroatoms. The molecule has 0 unspecified atom stereocenters. The molecule has 5 nitrogen and oxygen atoms in total. The minimum absolute atomic E-state index is 0.162. The van der Waals surface area contributed by atoms with Gasteiger partial charge in [0.05, 0.1) is 5.25 Å². The molecule has 1 atom stereocenters. The molecule has 2 aromatic rings. The number of thioether (sulfide) groups is 1. The van der Waals surface area contributed by atoms with Crippen molar-refractivity contribution in [3.63, 3.8) is 0 Å². The van der Waals surface area contributed by atoms with Gasteiger partial charge in [-0.15, -0.1) is 11.8 Å². The quantitative estimate of drug-likeness (QED) is 0.615. The highest BCUT2D eigenvalue weighted by molar-refractivity contribution is 8.00. The average molecular weight is 358 g/mol. The average Bonchev–Trinajstić information content (AvgIpc) is 2.60. The molecule has 2 rings (SSSR count). The second kappa shape index (κ2) is 9.13. The van der Waals surface area contributed by atoms with Gasteiger partial charge in [0.2, 0.25) is 0 Å². The minimum atomic E-state index is -0.413. The SMILES string of the molecule is Cc1ccc(S[C@H](C)C(=O)NNC(=O)COc2ccccc2C)cc1. The number of rotatable bonds is 6. The van der Waals surface area contributed by atoms with Crippen molar-refractivity contribution in [3.8, 4) is 5.75 Å². The Hall–Kier alpha value is -2.47. The van der Waals surface area contributed by atoms with Crippen LogP contribution in [0.3, 0.4) is 0 Å². The van der Waals surface area contributed by atoms with Gasteiger partial charge < -0.3 is 4.74 Å². The maximum atomic E-state index is 12.1. The first-order chi connectivity index (χ1) is 12.0. The monoisotopic (exact) mass is 358 g/mol. The van der Waals surface area contributed by atoms with Crippen LogP contribution in [0.4, 0.5) is 0 Å². The first-order valence-electron chi connectivity index (χ1n) is 7.96. The van der Waals surface area contributed by atoms with Gasteiger partial charge in [0.1, 0.15) is 5.75 Å². The van der Waals surface area contributed by atoms with Crippen molar-refractivity contribution in [2.75, 3.05) is 6.61 Å². The van der Waals surface area contributed by atoms with Crippen molar-refractivity contribution in [2.24, 2.45) is 0 Å². The molecule has 0 aromatic heterocycles. The fraction of sp³-hybridized carbons (Fsp3) is 0.263. The lowest BCUT2D eigenvalue weighted by Gasteiger charge is -2.13. The standard InChI is InChI=1S/C19H22N2O3S/c1-13-8-10-16(11-9-13)25-15(3)19(23)21-20-18(22)12-24-17-7-5-4-6-14(17)2/h4-11,15H,12H2,1-3H3,(H,20,22)(H,21,23)/t15-/m1/s1. The van der Waals surface area contributed by atoms with Crippen LogP contribution in [0.15, 0.2) is 53.4 Å². The largest absolute Gasteiger partial charge is 0.483 e. The Labute approximate surface area is 152 Å². The number of aryl methyl sites for hydroxylation is 2. The highest BCUT2D eigenvalue weighted by atomic mass is 32.2. The summed E-state index contributed by atoms with van der Waals surface area (Å²) in [7, 11) is 0. The van der Waals surface area contributed by atoms with Crippen molar-refractivity contribution < 1.29 is 14.3 Å². The predicted molar refractivity (Wildman–Crippen MR) is 99.5 cm³/mol. The number of nitrogens with one attached hydrogen (secondary N) is 2. The highest BCUT2D eigenvalue weighted by Crippen LogP contribution is 2.23. The number of hydrazine groups is 1. The van der Waals surface area contributed by atoms with Gasteiger partial charge in [-0.05, 0) is 44.5 Å². The highest BCUT2D eigenvalue weighted by Gasteiger charge is 2.15. The summed E-state index contributed by atoms with van der Waals surface area (Å²) in [5, 5.41) is -0.333. The maximum absolute atomic E-state index is 12.1. The number of hydrogen-bond donors (Lipinski definition) is 2. The molecule has 0 saturated carbocycles. The van der Waals surface area contributed by atoms with Gasteiger partial charge >= 0.3 is 0 Å². The molecule has 25 heavy (non-hydrogen) atoms. The van der Waals surface area contributed by atoms with E-state index in [9.17, 15) is 9.59 Å². The Kier molecular flexibility index (Phi) is 6.89. The van der Waals surface area contributed by atoms with E-state index >= 15 is 0 Å². The van der Waals surface area contributed by atoms with Gasteiger partial charge in [-0.3, -0.25) is 20.4 Å². The van der Waals surface area contributed by atoms with E-state index in [0.29, 0.717) is 5.75 Å². The van der Waals surface area contributed by atoms with Gasteiger partial charge in [-0.2, -0.15) is 0 Å². The predicted octanol–water partition coefficient (Wildman–Crippen LogP) is 3.01. The number of carbonyl (C=O) groups is 2. The molecule has 0 aliphatic carbocycles. The van der Waals surface area contributed by atoms with Crippen molar-refractivity contribution in [1.29, 1.82) is 0 Å². The normalized spacial score (nSPS) is 11.5. The van der Waals surface area contributed by atoms with Gasteiger partial charge in [-0.25, -0.2) is 0 Å². The lowest BCUT2D eigenvalue weighted by molar-refractivity contribution is -0.129. The van der Waals surface area contributed by atoms with Gasteiger partial charge in [-0.1, -0.05) is 35.9 Å². The Morgan fingerprint density at radius 2 is 1.72 bits per heavy atom. The van der Waals surface area contributed by atoms with Crippen LogP contribution in [0.25, 0.3) is 0 Å². The summed E-state index contributed by atoms with van der Waals surface area (Å²) in [6.45, 7) is 5.54. The van der Waals surface area contributed by atoms with E-state index in [1.54, 1.807) is 13.0 Å². The van der Waals surface area contributed by atoms with Gasteiger partial charge in [0.25, 0.3) is 11.8 Å². The second-order valence-corrected chi connectivity index (χ2v) is 7.08. The Balaban J connectivity index is 1.74. The van der Waals surface area contributed by atoms with E-state index in [1.807, 2.05) is 56.3 Å². The molecular formula is C19H22N2O3S. The van der Waals surface area contributed by atoms with Gasteiger partial charge in [0.15, 0.2) is 6.61 Å². The Morgan fingerprint density at radius 1 is 1.04 bits per heavy atom. The smallest absolute Gasteiger partial charge is 0.276 e. The summed E-state index contributed by atoms with van der Waals surface area (Å²) in [6, 6.07) is 15.4. The number of ether oxygens (including phenoxy) is 1. The third kappa shape index (κ3) is 6.15. The molecule has 0 fully saturated rings. The second-order valence-electron chi connectivity index (χ2n) is 5.66. The summed E-state index contributed by atoms with van der Waals surface area (Å²) >= 11 is 1.43. The lowest BCUT2D eigenvalue weighted by Crippen LogP contribution is -2.46. The maximum Gasteiger partial charge on any atom is 0.276 e. The fourth-order valence-corrected chi connectivity index (χ4v) is 2.87. The zero-order valence-corrected chi connectivity index (χ0v) is 15.4. The third-order valence-corrected chi connectivity index (χ3v) is 4.59. The van der Waals surface area contributed by atoms with Crippen LogP contribution in [-0.4, -0.2) is 23.7 Å². The van der Waals surface area contributed by atoms with Crippen LogP contribution in [0.1, 0.15) is 18.1 Å². The number of hydrogen-bond acceptors (Lipinski definition) is 4. The molecule has 0 heterocycles. The molecule has 2 aromatic carbocycles. The third-order valence-electron chi connectivity index (χ3n) is 3.48. The van der Waals surface area contributed by atoms with Gasteiger partial charge in [0, 0.05) is 4.90 Å². The molecule has 0 spiro atoms. The molecule has 132 valence electrons. The van der Waals surface area contributed by atoms with E-state index in [-0.39, 0.29) is 17.8 Å². The molecule has 0 aliphatic heterocycles. The van der Waals surface area contributed by atoms with Crippen LogP contribution in [-0.2, 0) is 9.59 Å². The molecular weight excluding hydrogens is 336 g/mol. The number of benzene rings is 2. The summed E-state index contributed by atoms with van der Waals surface area (Å²) in [5.41, 5.74) is 6.91. The van der Waals surface area contributed by atoms with Crippen LogP contribution in [0.2, 0.25) is 0 Å².